The van der Waals surface area contributed by atoms with Crippen LogP contribution < -0.4 is 15.4 Å². The molecule has 2 amide bonds. The van der Waals surface area contributed by atoms with E-state index in [1.54, 1.807) is 42.5 Å². The van der Waals surface area contributed by atoms with Gasteiger partial charge in [0.15, 0.2) is 0 Å². The molecule has 2 aromatic carbocycles. The molecule has 0 unspecified atom stereocenters. The monoisotopic (exact) mass is 354 g/mol. The molecule has 0 heterocycles. The van der Waals surface area contributed by atoms with Crippen LogP contribution in [0.1, 0.15) is 11.7 Å². The quantitative estimate of drug-likeness (QED) is 0.763. The molecule has 1 atom stereocenters. The Bertz CT molecular complexity index is 695. The first-order valence-corrected chi connectivity index (χ1v) is 7.58. The average Bonchev–Trinajstić information content (AvgIpc) is 2.56. The Hall–Kier alpha value is -1.95. The number of carbonyl (C=O) groups excluding carboxylic acids is 1. The molecule has 0 aliphatic carbocycles. The highest BCUT2D eigenvalue weighted by Gasteiger charge is 2.14. The lowest BCUT2D eigenvalue weighted by Crippen LogP contribution is -2.32. The van der Waals surface area contributed by atoms with Crippen LogP contribution in [0.3, 0.4) is 0 Å². The maximum Gasteiger partial charge on any atom is 0.319 e. The molecule has 0 saturated carbocycles. The van der Waals surface area contributed by atoms with Crippen molar-refractivity contribution in [1.29, 1.82) is 0 Å². The molecule has 5 nitrogen and oxygen atoms in total. The fourth-order valence-corrected chi connectivity index (χ4v) is 2.36. The van der Waals surface area contributed by atoms with Crippen LogP contribution in [0.5, 0.6) is 5.75 Å². The minimum atomic E-state index is -0.897. The second kappa shape index (κ2) is 8.06. The van der Waals surface area contributed by atoms with Crippen molar-refractivity contribution < 1.29 is 14.6 Å². The fraction of sp³-hybridized carbons (Fsp3) is 0.188. The van der Waals surface area contributed by atoms with Crippen LogP contribution in [-0.2, 0) is 0 Å². The van der Waals surface area contributed by atoms with Crippen molar-refractivity contribution in [1.82, 2.24) is 5.32 Å². The third-order valence-corrected chi connectivity index (χ3v) is 3.97. The maximum absolute atomic E-state index is 11.9. The summed E-state index contributed by atoms with van der Waals surface area (Å²) in [4.78, 5) is 11.9. The van der Waals surface area contributed by atoms with Gasteiger partial charge in [-0.2, -0.15) is 0 Å². The molecular formula is C16H16Cl2N2O3. The van der Waals surface area contributed by atoms with Crippen molar-refractivity contribution in [2.75, 3.05) is 19.0 Å². The first-order chi connectivity index (χ1) is 11.0. The van der Waals surface area contributed by atoms with Gasteiger partial charge < -0.3 is 20.5 Å². The molecule has 2 rings (SSSR count). The Morgan fingerprint density at radius 2 is 1.96 bits per heavy atom. The summed E-state index contributed by atoms with van der Waals surface area (Å²) in [6.45, 7) is 0.0182. The lowest BCUT2D eigenvalue weighted by Gasteiger charge is -2.16. The predicted molar refractivity (Wildman–Crippen MR) is 91.4 cm³/mol. The van der Waals surface area contributed by atoms with Crippen LogP contribution >= 0.6 is 23.2 Å². The summed E-state index contributed by atoms with van der Waals surface area (Å²) in [6, 6.07) is 11.5. The molecule has 0 aromatic heterocycles. The van der Waals surface area contributed by atoms with Crippen LogP contribution in [0.4, 0.5) is 10.5 Å². The second-order valence-electron chi connectivity index (χ2n) is 4.69. The number of amides is 2. The fourth-order valence-electron chi connectivity index (χ4n) is 2.01. The summed E-state index contributed by atoms with van der Waals surface area (Å²) in [5.41, 5.74) is 0.986. The van der Waals surface area contributed by atoms with Crippen molar-refractivity contribution >= 4 is 34.9 Å². The molecule has 3 N–H and O–H groups in total. The summed E-state index contributed by atoms with van der Waals surface area (Å²) < 4.78 is 5.18. The molecule has 122 valence electrons. The third-order valence-electron chi connectivity index (χ3n) is 3.15. The first-order valence-electron chi connectivity index (χ1n) is 6.82. The molecule has 0 aliphatic heterocycles. The zero-order valence-electron chi connectivity index (χ0n) is 12.3. The number of halogens is 2. The predicted octanol–water partition coefficient (Wildman–Crippen LogP) is 3.86. The molecule has 23 heavy (non-hydrogen) atoms. The summed E-state index contributed by atoms with van der Waals surface area (Å²) in [5.74, 6) is 0.556. The molecule has 0 bridgehead atoms. The highest BCUT2D eigenvalue weighted by atomic mass is 35.5. The van der Waals surface area contributed by atoms with Crippen LogP contribution in [0.25, 0.3) is 0 Å². The number of aliphatic hydroxyl groups is 1. The van der Waals surface area contributed by atoms with Gasteiger partial charge in [0, 0.05) is 12.1 Å². The van der Waals surface area contributed by atoms with Gasteiger partial charge in [-0.05, 0) is 18.2 Å². The first kappa shape index (κ1) is 17.4. The Morgan fingerprint density at radius 3 is 2.70 bits per heavy atom. The van der Waals surface area contributed by atoms with Gasteiger partial charge in [-0.25, -0.2) is 4.79 Å². The number of rotatable bonds is 5. The number of hydrogen-bond donors (Lipinski definition) is 3. The molecule has 0 saturated heterocycles. The number of aliphatic hydroxyl groups excluding tert-OH is 1. The van der Waals surface area contributed by atoms with E-state index in [0.717, 1.165) is 0 Å². The third kappa shape index (κ3) is 4.51. The molecule has 0 aliphatic rings. The van der Waals surface area contributed by atoms with E-state index in [1.165, 1.54) is 7.11 Å². The number of carbonyl (C=O) groups is 1. The number of benzene rings is 2. The zero-order valence-corrected chi connectivity index (χ0v) is 13.9. The summed E-state index contributed by atoms with van der Waals surface area (Å²) in [7, 11) is 1.52. The van der Waals surface area contributed by atoms with Gasteiger partial charge in [0.05, 0.1) is 28.9 Å². The van der Waals surface area contributed by atoms with E-state index in [1.807, 2.05) is 0 Å². The standard InChI is InChI=1S/C16H16Cl2N2O3/c1-23-14-8-3-2-5-10(14)13(21)9-19-16(22)20-12-7-4-6-11(17)15(12)18/h2-8,13,21H,9H2,1H3,(H2,19,20,22)/t13-/m1/s1. The van der Waals surface area contributed by atoms with Crippen LogP contribution in [-0.4, -0.2) is 24.8 Å². The largest absolute Gasteiger partial charge is 0.496 e. The van der Waals surface area contributed by atoms with E-state index in [9.17, 15) is 9.90 Å². The number of ether oxygens (including phenoxy) is 1. The Balaban J connectivity index is 1.95. The molecular weight excluding hydrogens is 339 g/mol. The molecule has 2 aromatic rings. The maximum atomic E-state index is 11.9. The van der Waals surface area contributed by atoms with Gasteiger partial charge in [0.1, 0.15) is 5.75 Å². The Labute approximate surface area is 144 Å². The summed E-state index contributed by atoms with van der Waals surface area (Å²) >= 11 is 11.9. The van der Waals surface area contributed by atoms with E-state index in [4.69, 9.17) is 27.9 Å². The normalized spacial score (nSPS) is 11.7. The van der Waals surface area contributed by atoms with E-state index < -0.39 is 12.1 Å². The molecule has 0 radical (unpaired) electrons. The molecule has 7 heteroatoms. The summed E-state index contributed by atoms with van der Waals surface area (Å²) in [5, 5.41) is 15.9. The number of para-hydroxylation sites is 1. The Kier molecular flexibility index (Phi) is 6.10. The lowest BCUT2D eigenvalue weighted by atomic mass is 10.1. The van der Waals surface area contributed by atoms with Crippen molar-refractivity contribution in [2.45, 2.75) is 6.10 Å². The number of urea groups is 1. The number of methoxy groups -OCH3 is 1. The smallest absolute Gasteiger partial charge is 0.319 e. The number of hydrogen-bond acceptors (Lipinski definition) is 3. The highest BCUT2D eigenvalue weighted by Crippen LogP contribution is 2.29. The van der Waals surface area contributed by atoms with E-state index in [0.29, 0.717) is 22.0 Å². The minimum Gasteiger partial charge on any atom is -0.496 e. The Morgan fingerprint density at radius 1 is 1.22 bits per heavy atom. The molecule has 0 spiro atoms. The van der Waals surface area contributed by atoms with E-state index in [-0.39, 0.29) is 11.6 Å². The van der Waals surface area contributed by atoms with Crippen molar-refractivity contribution in [3.05, 3.63) is 58.1 Å². The lowest BCUT2D eigenvalue weighted by molar-refractivity contribution is 0.171. The van der Waals surface area contributed by atoms with Crippen LogP contribution in [0.2, 0.25) is 10.0 Å². The molecule has 0 fully saturated rings. The SMILES string of the molecule is COc1ccccc1[C@H](O)CNC(=O)Nc1cccc(Cl)c1Cl. The van der Waals surface area contributed by atoms with Crippen molar-refractivity contribution in [2.24, 2.45) is 0 Å². The van der Waals surface area contributed by atoms with Gasteiger partial charge in [-0.15, -0.1) is 0 Å². The zero-order chi connectivity index (χ0) is 16.8. The topological polar surface area (TPSA) is 70.6 Å². The average molecular weight is 355 g/mol. The van der Waals surface area contributed by atoms with E-state index in [2.05, 4.69) is 10.6 Å². The number of anilines is 1. The number of nitrogens with one attached hydrogen (secondary N) is 2. The van der Waals surface area contributed by atoms with E-state index >= 15 is 0 Å². The van der Waals surface area contributed by atoms with Gasteiger partial charge >= 0.3 is 6.03 Å². The van der Waals surface area contributed by atoms with Gasteiger partial charge in [-0.3, -0.25) is 0 Å². The highest BCUT2D eigenvalue weighted by molar-refractivity contribution is 6.43. The summed E-state index contributed by atoms with van der Waals surface area (Å²) in [6.07, 6.45) is -0.897. The minimum absolute atomic E-state index is 0.0182. The van der Waals surface area contributed by atoms with Gasteiger partial charge in [-0.1, -0.05) is 47.5 Å². The van der Waals surface area contributed by atoms with Crippen molar-refractivity contribution in [3.8, 4) is 5.75 Å². The second-order valence-corrected chi connectivity index (χ2v) is 5.48. The van der Waals surface area contributed by atoms with Gasteiger partial charge in [0.2, 0.25) is 0 Å². The van der Waals surface area contributed by atoms with Gasteiger partial charge in [0.25, 0.3) is 0 Å². The van der Waals surface area contributed by atoms with Crippen LogP contribution in [0.15, 0.2) is 42.5 Å². The van der Waals surface area contributed by atoms with Crippen LogP contribution in [0, 0.1) is 0 Å². The van der Waals surface area contributed by atoms with Crippen molar-refractivity contribution in [3.63, 3.8) is 0 Å².